The van der Waals surface area contributed by atoms with Gasteiger partial charge in [0, 0.05) is 32.4 Å². The number of nitrogens with zero attached hydrogens (tertiary/aromatic N) is 2. The van der Waals surface area contributed by atoms with Crippen molar-refractivity contribution < 1.29 is 9.59 Å². The third-order valence-corrected chi connectivity index (χ3v) is 1.81. The highest BCUT2D eigenvalue weighted by molar-refractivity contribution is 5.91. The smallest absolute Gasteiger partial charge is 0.271 e. The Bertz CT molecular complexity index is 353. The molecular formula is C10H14N4O2. The maximum absolute atomic E-state index is 11.4. The molecule has 1 rings (SSSR count). The lowest BCUT2D eigenvalue weighted by Crippen LogP contribution is -2.29. The van der Waals surface area contributed by atoms with E-state index in [4.69, 9.17) is 0 Å². The molecule has 6 heteroatoms. The normalized spacial score (nSPS) is 9.56. The van der Waals surface area contributed by atoms with Crippen molar-refractivity contribution in [1.29, 1.82) is 0 Å². The van der Waals surface area contributed by atoms with E-state index in [9.17, 15) is 9.59 Å². The molecule has 0 bridgehead atoms. The minimum atomic E-state index is -0.254. The summed E-state index contributed by atoms with van der Waals surface area (Å²) in [5, 5.41) is 5.32. The van der Waals surface area contributed by atoms with E-state index in [1.807, 2.05) is 0 Å². The fourth-order valence-electron chi connectivity index (χ4n) is 1.06. The number of nitrogens with one attached hydrogen (secondary N) is 2. The second kappa shape index (κ2) is 6.49. The van der Waals surface area contributed by atoms with E-state index >= 15 is 0 Å². The Morgan fingerprint density at radius 2 is 2.00 bits per heavy atom. The average Bonchev–Trinajstić information content (AvgIpc) is 2.29. The minimum Gasteiger partial charge on any atom is -0.356 e. The molecule has 0 aliphatic carbocycles. The number of rotatable bonds is 5. The maximum Gasteiger partial charge on any atom is 0.271 e. The molecule has 1 heterocycles. The van der Waals surface area contributed by atoms with Gasteiger partial charge in [-0.15, -0.1) is 0 Å². The average molecular weight is 222 g/mol. The van der Waals surface area contributed by atoms with Gasteiger partial charge in [-0.05, 0) is 6.42 Å². The van der Waals surface area contributed by atoms with Crippen LogP contribution in [-0.2, 0) is 4.79 Å². The first kappa shape index (κ1) is 12.1. The third-order valence-electron chi connectivity index (χ3n) is 1.81. The molecular weight excluding hydrogens is 208 g/mol. The molecule has 0 radical (unpaired) electrons. The summed E-state index contributed by atoms with van der Waals surface area (Å²) in [7, 11) is 0. The Morgan fingerprint density at radius 3 is 2.62 bits per heavy atom. The summed E-state index contributed by atoms with van der Waals surface area (Å²) in [6, 6.07) is 0. The van der Waals surface area contributed by atoms with E-state index in [1.165, 1.54) is 25.5 Å². The molecule has 0 fully saturated rings. The number of carbonyl (C=O) groups excluding carboxylic acids is 2. The first-order valence-corrected chi connectivity index (χ1v) is 4.99. The SMILES string of the molecule is CC(=O)NCCCNC(=O)c1cnccn1. The van der Waals surface area contributed by atoms with Crippen molar-refractivity contribution >= 4 is 11.8 Å². The molecule has 1 aromatic rings. The van der Waals surface area contributed by atoms with Crippen molar-refractivity contribution in [2.24, 2.45) is 0 Å². The zero-order valence-corrected chi connectivity index (χ0v) is 9.06. The number of amides is 2. The molecule has 1 aromatic heterocycles. The van der Waals surface area contributed by atoms with Gasteiger partial charge in [-0.3, -0.25) is 14.6 Å². The predicted octanol–water partition coefficient (Wildman–Crippen LogP) is -0.267. The van der Waals surface area contributed by atoms with Crippen LogP contribution in [0.15, 0.2) is 18.6 Å². The maximum atomic E-state index is 11.4. The van der Waals surface area contributed by atoms with Gasteiger partial charge in [0.15, 0.2) is 0 Å². The van der Waals surface area contributed by atoms with Crippen molar-refractivity contribution in [2.45, 2.75) is 13.3 Å². The topological polar surface area (TPSA) is 84.0 Å². The molecule has 0 saturated carbocycles. The van der Waals surface area contributed by atoms with Gasteiger partial charge in [0.05, 0.1) is 6.20 Å². The first-order chi connectivity index (χ1) is 7.70. The third kappa shape index (κ3) is 4.50. The van der Waals surface area contributed by atoms with Gasteiger partial charge in [0.2, 0.25) is 5.91 Å². The molecule has 0 atom stereocenters. The molecule has 2 N–H and O–H groups in total. The largest absolute Gasteiger partial charge is 0.356 e. The molecule has 16 heavy (non-hydrogen) atoms. The lowest BCUT2D eigenvalue weighted by atomic mass is 10.3. The van der Waals surface area contributed by atoms with Crippen LogP contribution in [0.3, 0.4) is 0 Å². The highest BCUT2D eigenvalue weighted by Gasteiger charge is 2.04. The van der Waals surface area contributed by atoms with Crippen LogP contribution < -0.4 is 10.6 Å². The van der Waals surface area contributed by atoms with Crippen LogP contribution in [0.25, 0.3) is 0 Å². The minimum absolute atomic E-state index is 0.0692. The monoisotopic (exact) mass is 222 g/mol. The molecule has 0 saturated heterocycles. The lowest BCUT2D eigenvalue weighted by Gasteiger charge is -2.04. The van der Waals surface area contributed by atoms with Crippen LogP contribution in [0.4, 0.5) is 0 Å². The zero-order valence-electron chi connectivity index (χ0n) is 9.06. The van der Waals surface area contributed by atoms with E-state index in [0.29, 0.717) is 25.2 Å². The lowest BCUT2D eigenvalue weighted by molar-refractivity contribution is -0.118. The highest BCUT2D eigenvalue weighted by Crippen LogP contribution is 1.89. The summed E-state index contributed by atoms with van der Waals surface area (Å²) in [6.45, 7) is 2.50. The van der Waals surface area contributed by atoms with E-state index in [2.05, 4.69) is 20.6 Å². The molecule has 0 aromatic carbocycles. The van der Waals surface area contributed by atoms with Gasteiger partial charge in [-0.2, -0.15) is 0 Å². The molecule has 86 valence electrons. The second-order valence-corrected chi connectivity index (χ2v) is 3.18. The molecule has 0 aliphatic rings. The van der Waals surface area contributed by atoms with E-state index in [1.54, 1.807) is 0 Å². The van der Waals surface area contributed by atoms with Crippen LogP contribution in [0.1, 0.15) is 23.8 Å². The number of aromatic nitrogens is 2. The Kier molecular flexibility index (Phi) is 4.91. The van der Waals surface area contributed by atoms with Gasteiger partial charge in [0.25, 0.3) is 5.91 Å². The van der Waals surface area contributed by atoms with Crippen molar-refractivity contribution in [3.63, 3.8) is 0 Å². The molecule has 0 unspecified atom stereocenters. The summed E-state index contributed by atoms with van der Waals surface area (Å²) in [6.07, 6.45) is 5.06. The van der Waals surface area contributed by atoms with Crippen LogP contribution in [0, 0.1) is 0 Å². The fourth-order valence-corrected chi connectivity index (χ4v) is 1.06. The van der Waals surface area contributed by atoms with Crippen LogP contribution in [-0.4, -0.2) is 34.9 Å². The van der Waals surface area contributed by atoms with Gasteiger partial charge in [-0.1, -0.05) is 0 Å². The van der Waals surface area contributed by atoms with Crippen molar-refractivity contribution in [3.05, 3.63) is 24.3 Å². The van der Waals surface area contributed by atoms with Gasteiger partial charge in [-0.25, -0.2) is 4.98 Å². The van der Waals surface area contributed by atoms with Crippen LogP contribution >= 0.6 is 0 Å². The zero-order chi connectivity index (χ0) is 11.8. The van der Waals surface area contributed by atoms with Gasteiger partial charge in [0.1, 0.15) is 5.69 Å². The number of hydrogen-bond acceptors (Lipinski definition) is 4. The summed E-state index contributed by atoms with van der Waals surface area (Å²) in [4.78, 5) is 29.6. The van der Waals surface area contributed by atoms with Crippen molar-refractivity contribution in [3.8, 4) is 0 Å². The summed E-state index contributed by atoms with van der Waals surface area (Å²) >= 11 is 0. The molecule has 0 aliphatic heterocycles. The molecule has 0 spiro atoms. The second-order valence-electron chi connectivity index (χ2n) is 3.18. The molecule has 6 nitrogen and oxygen atoms in total. The van der Waals surface area contributed by atoms with Gasteiger partial charge >= 0.3 is 0 Å². The molecule has 2 amide bonds. The quantitative estimate of drug-likeness (QED) is 0.672. The number of hydrogen-bond donors (Lipinski definition) is 2. The Balaban J connectivity index is 2.19. The summed E-state index contributed by atoms with van der Waals surface area (Å²) in [5.74, 6) is -0.323. The Labute approximate surface area is 93.5 Å². The van der Waals surface area contributed by atoms with Crippen LogP contribution in [0.5, 0.6) is 0 Å². The van der Waals surface area contributed by atoms with Crippen molar-refractivity contribution in [1.82, 2.24) is 20.6 Å². The first-order valence-electron chi connectivity index (χ1n) is 4.99. The Hall–Kier alpha value is -1.98. The Morgan fingerprint density at radius 1 is 1.25 bits per heavy atom. The van der Waals surface area contributed by atoms with Crippen LogP contribution in [0.2, 0.25) is 0 Å². The van der Waals surface area contributed by atoms with E-state index < -0.39 is 0 Å². The highest BCUT2D eigenvalue weighted by atomic mass is 16.2. The number of carbonyl (C=O) groups is 2. The van der Waals surface area contributed by atoms with Gasteiger partial charge < -0.3 is 10.6 Å². The summed E-state index contributed by atoms with van der Waals surface area (Å²) in [5.41, 5.74) is 0.294. The summed E-state index contributed by atoms with van der Waals surface area (Å²) < 4.78 is 0. The van der Waals surface area contributed by atoms with E-state index in [-0.39, 0.29) is 11.8 Å². The standard InChI is InChI=1S/C10H14N4O2/c1-8(15)12-3-2-4-14-10(16)9-7-11-5-6-13-9/h5-7H,2-4H2,1H3,(H,12,15)(H,14,16). The van der Waals surface area contributed by atoms with Crippen molar-refractivity contribution in [2.75, 3.05) is 13.1 Å². The van der Waals surface area contributed by atoms with E-state index in [0.717, 1.165) is 0 Å². The fraction of sp³-hybridized carbons (Fsp3) is 0.400. The predicted molar refractivity (Wildman–Crippen MR) is 57.7 cm³/mol.